The Kier molecular flexibility index (Phi) is 9.71. The minimum Gasteiger partial charge on any atom is -0.352 e. The van der Waals surface area contributed by atoms with Gasteiger partial charge in [-0.1, -0.05) is 72.8 Å². The second-order valence-corrected chi connectivity index (χ2v) is 9.48. The number of nitrogens with one attached hydrogen (secondary N) is 1. The lowest BCUT2D eigenvalue weighted by molar-refractivity contribution is -0.139. The lowest BCUT2D eigenvalue weighted by Crippen LogP contribution is -2.52. The molecule has 0 saturated heterocycles. The highest BCUT2D eigenvalue weighted by atomic mass is 32.2. The third kappa shape index (κ3) is 8.03. The first-order valence-corrected chi connectivity index (χ1v) is 12.6. The van der Waals surface area contributed by atoms with Crippen molar-refractivity contribution in [2.75, 3.05) is 5.75 Å². The maximum atomic E-state index is 13.5. The molecule has 4 nitrogen and oxygen atoms in total. The highest BCUT2D eigenvalue weighted by molar-refractivity contribution is 7.99. The zero-order valence-corrected chi connectivity index (χ0v) is 20.4. The van der Waals surface area contributed by atoms with Crippen LogP contribution in [0.25, 0.3) is 0 Å². The molecule has 0 radical (unpaired) electrons. The molecule has 3 rings (SSSR count). The summed E-state index contributed by atoms with van der Waals surface area (Å²) in [7, 11) is 0. The molecule has 0 aliphatic carbocycles. The van der Waals surface area contributed by atoms with E-state index in [0.29, 0.717) is 12.2 Å². The van der Waals surface area contributed by atoms with Gasteiger partial charge in [0.25, 0.3) is 0 Å². The normalized spacial score (nSPS) is 11.8. The van der Waals surface area contributed by atoms with Gasteiger partial charge < -0.3 is 10.2 Å². The van der Waals surface area contributed by atoms with Crippen LogP contribution in [0.15, 0.2) is 84.9 Å². The van der Waals surface area contributed by atoms with Gasteiger partial charge in [0, 0.05) is 24.8 Å². The standard InChI is InChI=1S/C28H31FN2O2S/c1-21(2)30-28(33)26(17-22-9-5-3-6-10-22)31(18-23-13-15-25(29)16-14-23)27(32)20-34-19-24-11-7-4-8-12-24/h3-16,21,26H,17-20H2,1-2H3,(H,30,33)/t26-/m0/s1. The highest BCUT2D eigenvalue weighted by Gasteiger charge is 2.30. The number of halogens is 1. The van der Waals surface area contributed by atoms with Crippen molar-refractivity contribution < 1.29 is 14.0 Å². The third-order valence-electron chi connectivity index (χ3n) is 5.31. The van der Waals surface area contributed by atoms with Crippen molar-refractivity contribution in [2.45, 2.75) is 44.6 Å². The molecule has 0 fully saturated rings. The summed E-state index contributed by atoms with van der Waals surface area (Å²) < 4.78 is 13.5. The van der Waals surface area contributed by atoms with Gasteiger partial charge in [-0.15, -0.1) is 11.8 Å². The molecule has 6 heteroatoms. The number of carbonyl (C=O) groups is 2. The minimum atomic E-state index is -0.681. The average Bonchev–Trinajstić information content (AvgIpc) is 2.83. The molecule has 0 spiro atoms. The number of carbonyl (C=O) groups excluding carboxylic acids is 2. The summed E-state index contributed by atoms with van der Waals surface area (Å²) in [6.45, 7) is 4.03. The van der Waals surface area contributed by atoms with Gasteiger partial charge >= 0.3 is 0 Å². The third-order valence-corrected chi connectivity index (χ3v) is 6.29. The van der Waals surface area contributed by atoms with Crippen LogP contribution in [0.5, 0.6) is 0 Å². The van der Waals surface area contributed by atoms with Crippen molar-refractivity contribution >= 4 is 23.6 Å². The van der Waals surface area contributed by atoms with E-state index in [1.165, 1.54) is 23.9 Å². The van der Waals surface area contributed by atoms with Crippen LogP contribution in [0.1, 0.15) is 30.5 Å². The fourth-order valence-electron chi connectivity index (χ4n) is 3.63. The predicted molar refractivity (Wildman–Crippen MR) is 137 cm³/mol. The Morgan fingerprint density at radius 3 is 2.03 bits per heavy atom. The van der Waals surface area contributed by atoms with E-state index in [9.17, 15) is 14.0 Å². The van der Waals surface area contributed by atoms with Crippen molar-refractivity contribution in [3.63, 3.8) is 0 Å². The zero-order valence-electron chi connectivity index (χ0n) is 19.6. The van der Waals surface area contributed by atoms with Crippen molar-refractivity contribution in [1.82, 2.24) is 10.2 Å². The highest BCUT2D eigenvalue weighted by Crippen LogP contribution is 2.19. The van der Waals surface area contributed by atoms with Gasteiger partial charge in [-0.3, -0.25) is 9.59 Å². The quantitative estimate of drug-likeness (QED) is 0.411. The van der Waals surface area contributed by atoms with Crippen LogP contribution in [0.3, 0.4) is 0 Å². The molecule has 0 heterocycles. The maximum Gasteiger partial charge on any atom is 0.243 e. The van der Waals surface area contributed by atoms with E-state index in [-0.39, 0.29) is 36.0 Å². The molecule has 1 N–H and O–H groups in total. The number of amides is 2. The summed E-state index contributed by atoms with van der Waals surface area (Å²) in [6, 6.07) is 25.0. The molecule has 178 valence electrons. The first-order chi connectivity index (χ1) is 16.4. The molecule has 1 atom stereocenters. The van der Waals surface area contributed by atoms with Crippen LogP contribution < -0.4 is 5.32 Å². The van der Waals surface area contributed by atoms with Crippen molar-refractivity contribution in [2.24, 2.45) is 0 Å². The van der Waals surface area contributed by atoms with Crippen LogP contribution in [0.4, 0.5) is 4.39 Å². The summed E-state index contributed by atoms with van der Waals surface area (Å²) >= 11 is 1.52. The van der Waals surface area contributed by atoms with E-state index in [1.807, 2.05) is 74.5 Å². The van der Waals surface area contributed by atoms with E-state index in [1.54, 1.807) is 17.0 Å². The van der Waals surface area contributed by atoms with Crippen LogP contribution in [0, 0.1) is 5.82 Å². The summed E-state index contributed by atoms with van der Waals surface area (Å²) in [6.07, 6.45) is 0.398. The topological polar surface area (TPSA) is 49.4 Å². The lowest BCUT2D eigenvalue weighted by Gasteiger charge is -2.32. The Morgan fingerprint density at radius 2 is 1.44 bits per heavy atom. The first-order valence-electron chi connectivity index (χ1n) is 11.4. The number of thioether (sulfide) groups is 1. The van der Waals surface area contributed by atoms with E-state index < -0.39 is 6.04 Å². The molecule has 0 aromatic heterocycles. The molecular formula is C28H31FN2O2S. The van der Waals surface area contributed by atoms with Gasteiger partial charge in [0.2, 0.25) is 11.8 Å². The van der Waals surface area contributed by atoms with E-state index >= 15 is 0 Å². The number of rotatable bonds is 11. The molecule has 2 amide bonds. The number of hydrogen-bond donors (Lipinski definition) is 1. The van der Waals surface area contributed by atoms with Crippen LogP contribution in [-0.4, -0.2) is 34.6 Å². The van der Waals surface area contributed by atoms with Gasteiger partial charge in [-0.2, -0.15) is 0 Å². The number of hydrogen-bond acceptors (Lipinski definition) is 3. The zero-order chi connectivity index (χ0) is 24.3. The predicted octanol–water partition coefficient (Wildman–Crippen LogP) is 5.22. The van der Waals surface area contributed by atoms with Gasteiger partial charge in [0.05, 0.1) is 5.75 Å². The van der Waals surface area contributed by atoms with E-state index in [4.69, 9.17) is 0 Å². The van der Waals surface area contributed by atoms with E-state index in [0.717, 1.165) is 16.7 Å². The number of benzene rings is 3. The molecule has 3 aromatic rings. The number of nitrogens with zero attached hydrogens (tertiary/aromatic N) is 1. The average molecular weight is 479 g/mol. The monoisotopic (exact) mass is 478 g/mol. The largest absolute Gasteiger partial charge is 0.352 e. The van der Waals surface area contributed by atoms with Crippen LogP contribution in [0.2, 0.25) is 0 Å². The summed E-state index contributed by atoms with van der Waals surface area (Å²) in [5.74, 6) is 0.306. The molecule has 0 bridgehead atoms. The van der Waals surface area contributed by atoms with Crippen molar-refractivity contribution in [3.8, 4) is 0 Å². The molecule has 0 unspecified atom stereocenters. The second kappa shape index (κ2) is 12.9. The van der Waals surface area contributed by atoms with Crippen molar-refractivity contribution in [1.29, 1.82) is 0 Å². The molecule has 34 heavy (non-hydrogen) atoms. The fourth-order valence-corrected chi connectivity index (χ4v) is 4.51. The van der Waals surface area contributed by atoms with Crippen molar-refractivity contribution in [3.05, 3.63) is 107 Å². The Balaban J connectivity index is 1.84. The van der Waals surface area contributed by atoms with Gasteiger partial charge in [-0.05, 0) is 42.7 Å². The maximum absolute atomic E-state index is 13.5. The second-order valence-electron chi connectivity index (χ2n) is 8.50. The van der Waals surface area contributed by atoms with Gasteiger partial charge in [0.15, 0.2) is 0 Å². The van der Waals surface area contributed by atoms with Crippen LogP contribution >= 0.6 is 11.8 Å². The summed E-state index contributed by atoms with van der Waals surface area (Å²) in [5.41, 5.74) is 2.89. The Hall–Kier alpha value is -3.12. The molecule has 0 aliphatic heterocycles. The Bertz CT molecular complexity index is 1040. The fraction of sp³-hybridized carbons (Fsp3) is 0.286. The molecule has 0 saturated carbocycles. The summed E-state index contributed by atoms with van der Waals surface area (Å²) in [5, 5.41) is 2.98. The molecule has 0 aliphatic rings. The van der Waals surface area contributed by atoms with E-state index in [2.05, 4.69) is 5.32 Å². The minimum absolute atomic E-state index is 0.0546. The lowest BCUT2D eigenvalue weighted by atomic mass is 10.0. The first kappa shape index (κ1) is 25.5. The van der Waals surface area contributed by atoms with Gasteiger partial charge in [-0.25, -0.2) is 4.39 Å². The Morgan fingerprint density at radius 1 is 0.853 bits per heavy atom. The smallest absolute Gasteiger partial charge is 0.243 e. The molecule has 3 aromatic carbocycles. The summed E-state index contributed by atoms with van der Waals surface area (Å²) in [4.78, 5) is 28.4. The van der Waals surface area contributed by atoms with Crippen LogP contribution in [-0.2, 0) is 28.3 Å². The van der Waals surface area contributed by atoms with Gasteiger partial charge in [0.1, 0.15) is 11.9 Å². The SMILES string of the molecule is CC(C)NC(=O)[C@H](Cc1ccccc1)N(Cc1ccc(F)cc1)C(=O)CSCc1ccccc1. The Labute approximate surface area is 205 Å². The molecular weight excluding hydrogens is 447 g/mol.